The minimum Gasteiger partial charge on any atom is -0.470 e. The summed E-state index contributed by atoms with van der Waals surface area (Å²) in [5.41, 5.74) is -0.0364. The van der Waals surface area contributed by atoms with Crippen molar-refractivity contribution in [3.05, 3.63) is 36.0 Å². The van der Waals surface area contributed by atoms with Crippen molar-refractivity contribution in [2.24, 2.45) is 0 Å². The van der Waals surface area contributed by atoms with Crippen LogP contribution < -0.4 is 10.1 Å². The quantitative estimate of drug-likeness (QED) is 0.367. The molecule has 2 unspecified atom stereocenters. The van der Waals surface area contributed by atoms with Crippen molar-refractivity contribution in [1.82, 2.24) is 10.3 Å². The number of nitrogens with zero attached hydrogens (tertiary/aromatic N) is 1. The highest BCUT2D eigenvalue weighted by Gasteiger charge is 2.31. The minimum absolute atomic E-state index is 0.155. The molecule has 6 nitrogen and oxygen atoms in total. The third-order valence-electron chi connectivity index (χ3n) is 3.98. The van der Waals surface area contributed by atoms with Crippen molar-refractivity contribution in [2.45, 2.75) is 17.9 Å². The van der Waals surface area contributed by atoms with Crippen LogP contribution in [0.5, 0.6) is 5.75 Å². The molecule has 0 spiro atoms. The second-order valence-corrected chi connectivity index (χ2v) is 7.49. The lowest BCUT2D eigenvalue weighted by Gasteiger charge is -2.31. The van der Waals surface area contributed by atoms with E-state index in [1.807, 2.05) is 25.1 Å². The molecule has 0 saturated carbocycles. The van der Waals surface area contributed by atoms with Crippen LogP contribution >= 0.6 is 11.8 Å². The van der Waals surface area contributed by atoms with Crippen LogP contribution in [0.2, 0.25) is 0 Å². The van der Waals surface area contributed by atoms with Gasteiger partial charge < -0.3 is 19.5 Å². The fraction of sp³-hybridized carbons (Fsp3) is 0.364. The van der Waals surface area contributed by atoms with Gasteiger partial charge in [0, 0.05) is 24.3 Å². The molecule has 0 fully saturated rings. The van der Waals surface area contributed by atoms with Gasteiger partial charge in [0.2, 0.25) is 5.44 Å². The molecule has 1 aromatic carbocycles. The number of terminal acetylenes is 2. The van der Waals surface area contributed by atoms with Crippen molar-refractivity contribution < 1.29 is 19.0 Å². The van der Waals surface area contributed by atoms with Crippen LogP contribution in [0.1, 0.15) is 12.5 Å². The molecule has 0 radical (unpaired) electrons. The molecule has 2 rings (SSSR count). The molecule has 0 aliphatic rings. The van der Waals surface area contributed by atoms with E-state index >= 15 is 0 Å². The van der Waals surface area contributed by atoms with E-state index in [1.165, 1.54) is 11.8 Å². The number of aromatic nitrogens is 1. The summed E-state index contributed by atoms with van der Waals surface area (Å²) in [6.45, 7) is 2.46. The highest BCUT2D eigenvalue weighted by molar-refractivity contribution is 7.99. The monoisotopic (exact) mass is 412 g/mol. The predicted octanol–water partition coefficient (Wildman–Crippen LogP) is 2.46. The Morgan fingerprint density at radius 1 is 1.34 bits per heavy atom. The first-order valence-electron chi connectivity index (χ1n) is 8.82. The standard InChI is InChI=1S/C22H24N2O4S/c1-6-10-27-15-22(3,14-26-4)24-20(25)21(29-5)28-18-8-9-19-17(12-18)11-16(7-2)13-23-19/h1-2,8-9,11-13,21H,10,14-15H2,3-5H3,(H,24,25). The zero-order valence-electron chi connectivity index (χ0n) is 16.7. The zero-order valence-corrected chi connectivity index (χ0v) is 17.5. The number of hydrogen-bond acceptors (Lipinski definition) is 6. The van der Waals surface area contributed by atoms with E-state index in [2.05, 4.69) is 22.1 Å². The van der Waals surface area contributed by atoms with Gasteiger partial charge in [-0.2, -0.15) is 0 Å². The second-order valence-electron chi connectivity index (χ2n) is 6.59. The number of ether oxygens (including phenoxy) is 3. The van der Waals surface area contributed by atoms with Crippen LogP contribution in [0, 0.1) is 24.7 Å². The summed E-state index contributed by atoms with van der Waals surface area (Å²) in [5.74, 6) is 5.21. The van der Waals surface area contributed by atoms with Crippen LogP contribution in [0.4, 0.5) is 0 Å². The van der Waals surface area contributed by atoms with Crippen molar-refractivity contribution in [3.63, 3.8) is 0 Å². The molecule has 0 aliphatic carbocycles. The van der Waals surface area contributed by atoms with Crippen LogP contribution in [0.25, 0.3) is 10.9 Å². The maximum atomic E-state index is 12.8. The highest BCUT2D eigenvalue weighted by Crippen LogP contribution is 2.23. The van der Waals surface area contributed by atoms with Gasteiger partial charge in [-0.1, -0.05) is 11.8 Å². The Kier molecular flexibility index (Phi) is 8.35. The fourth-order valence-electron chi connectivity index (χ4n) is 2.72. The number of fused-ring (bicyclic) bond motifs is 1. The number of pyridine rings is 1. The van der Waals surface area contributed by atoms with Gasteiger partial charge in [-0.25, -0.2) is 0 Å². The Balaban J connectivity index is 2.13. The van der Waals surface area contributed by atoms with Crippen molar-refractivity contribution >= 4 is 28.6 Å². The molecule has 1 aromatic heterocycles. The summed E-state index contributed by atoms with van der Waals surface area (Å²) < 4.78 is 16.5. The molecule has 1 N–H and O–H groups in total. The average molecular weight is 413 g/mol. The molecule has 1 amide bonds. The molecule has 2 aromatic rings. The van der Waals surface area contributed by atoms with Crippen LogP contribution in [0.15, 0.2) is 30.5 Å². The molecular weight excluding hydrogens is 388 g/mol. The molecule has 2 atom stereocenters. The van der Waals surface area contributed by atoms with Gasteiger partial charge in [0.15, 0.2) is 0 Å². The number of carbonyl (C=O) groups excluding carboxylic acids is 1. The number of nitrogens with one attached hydrogen (secondary N) is 1. The van der Waals surface area contributed by atoms with Gasteiger partial charge in [0.25, 0.3) is 5.91 Å². The number of carbonyl (C=O) groups is 1. The van der Waals surface area contributed by atoms with E-state index in [0.717, 1.165) is 10.9 Å². The van der Waals surface area contributed by atoms with E-state index < -0.39 is 11.0 Å². The summed E-state index contributed by atoms with van der Waals surface area (Å²) in [5, 5.41) is 3.78. The summed E-state index contributed by atoms with van der Waals surface area (Å²) >= 11 is 1.28. The summed E-state index contributed by atoms with van der Waals surface area (Å²) in [4.78, 5) is 17.1. The Bertz CT molecular complexity index is 935. The van der Waals surface area contributed by atoms with Crippen molar-refractivity contribution in [1.29, 1.82) is 0 Å². The Morgan fingerprint density at radius 2 is 2.14 bits per heavy atom. The minimum atomic E-state index is -0.764. The maximum absolute atomic E-state index is 12.8. The Labute approximate surface area is 175 Å². The molecule has 7 heteroatoms. The predicted molar refractivity (Wildman–Crippen MR) is 116 cm³/mol. The van der Waals surface area contributed by atoms with E-state index in [-0.39, 0.29) is 25.7 Å². The van der Waals surface area contributed by atoms with E-state index in [1.54, 1.807) is 25.6 Å². The van der Waals surface area contributed by atoms with E-state index in [4.69, 9.17) is 27.1 Å². The smallest absolute Gasteiger partial charge is 0.272 e. The van der Waals surface area contributed by atoms with Crippen LogP contribution in [-0.2, 0) is 14.3 Å². The molecule has 29 heavy (non-hydrogen) atoms. The van der Waals surface area contributed by atoms with Gasteiger partial charge in [0.1, 0.15) is 12.4 Å². The maximum Gasteiger partial charge on any atom is 0.272 e. The summed E-state index contributed by atoms with van der Waals surface area (Å²) in [6.07, 6.45) is 14.1. The van der Waals surface area contributed by atoms with Crippen molar-refractivity contribution in [3.8, 4) is 30.4 Å². The lowest BCUT2D eigenvalue weighted by atomic mass is 10.1. The number of rotatable bonds is 10. The fourth-order valence-corrected chi connectivity index (χ4v) is 3.20. The topological polar surface area (TPSA) is 69.7 Å². The molecule has 0 bridgehead atoms. The molecule has 1 heterocycles. The van der Waals surface area contributed by atoms with E-state index in [0.29, 0.717) is 11.3 Å². The van der Waals surface area contributed by atoms with Crippen LogP contribution in [0.3, 0.4) is 0 Å². The van der Waals surface area contributed by atoms with Crippen LogP contribution in [-0.4, -0.2) is 55.1 Å². The molecule has 0 saturated heterocycles. The molecule has 0 aliphatic heterocycles. The number of benzene rings is 1. The zero-order chi connectivity index (χ0) is 21.3. The Hall–Kier alpha value is -2.71. The third kappa shape index (κ3) is 6.40. The first-order chi connectivity index (χ1) is 13.9. The van der Waals surface area contributed by atoms with Gasteiger partial charge >= 0.3 is 0 Å². The first kappa shape index (κ1) is 22.6. The summed E-state index contributed by atoms with van der Waals surface area (Å²) in [6, 6.07) is 7.25. The SMILES string of the molecule is C#CCOCC(C)(COC)NC(=O)C(Oc1ccc2ncc(C#C)cc2c1)SC. The Morgan fingerprint density at radius 3 is 2.79 bits per heavy atom. The normalized spacial score (nSPS) is 13.7. The molecular formula is C22H24N2O4S. The number of hydrogen-bond donors (Lipinski definition) is 1. The third-order valence-corrected chi connectivity index (χ3v) is 4.72. The lowest BCUT2D eigenvalue weighted by molar-refractivity contribution is -0.128. The second kappa shape index (κ2) is 10.7. The largest absolute Gasteiger partial charge is 0.470 e. The van der Waals surface area contributed by atoms with Gasteiger partial charge in [-0.05, 0) is 37.4 Å². The summed E-state index contributed by atoms with van der Waals surface area (Å²) in [7, 11) is 1.56. The number of methoxy groups -OCH3 is 1. The number of amides is 1. The first-order valence-corrected chi connectivity index (χ1v) is 10.1. The van der Waals surface area contributed by atoms with Gasteiger partial charge in [-0.15, -0.1) is 24.6 Å². The highest BCUT2D eigenvalue weighted by atomic mass is 32.2. The average Bonchev–Trinajstić information content (AvgIpc) is 2.71. The molecule has 152 valence electrons. The number of thioether (sulfide) groups is 1. The van der Waals surface area contributed by atoms with Gasteiger partial charge in [0.05, 0.1) is 24.3 Å². The van der Waals surface area contributed by atoms with Gasteiger partial charge in [-0.3, -0.25) is 9.78 Å². The van der Waals surface area contributed by atoms with E-state index in [9.17, 15) is 4.79 Å². The lowest BCUT2D eigenvalue weighted by Crippen LogP contribution is -2.55. The van der Waals surface area contributed by atoms with Crippen molar-refractivity contribution in [2.75, 3.05) is 33.2 Å².